The van der Waals surface area contributed by atoms with Crippen molar-refractivity contribution in [1.82, 2.24) is 24.9 Å². The van der Waals surface area contributed by atoms with Crippen molar-refractivity contribution in [2.24, 2.45) is 0 Å². The lowest BCUT2D eigenvalue weighted by atomic mass is 10.0. The van der Waals surface area contributed by atoms with E-state index in [1.54, 1.807) is 14.2 Å². The van der Waals surface area contributed by atoms with Gasteiger partial charge in [0, 0.05) is 63.0 Å². The van der Waals surface area contributed by atoms with Gasteiger partial charge in [-0.25, -0.2) is 0 Å². The number of piperazine rings is 1. The molecule has 0 atom stereocenters. The molecule has 1 aromatic heterocycles. The van der Waals surface area contributed by atoms with Crippen LogP contribution in [0.3, 0.4) is 0 Å². The molecule has 1 aromatic carbocycles. The lowest BCUT2D eigenvalue weighted by Gasteiger charge is -2.37. The van der Waals surface area contributed by atoms with Gasteiger partial charge < -0.3 is 19.3 Å². The molecule has 4 rings (SSSR count). The third kappa shape index (κ3) is 4.83. The Hall–Kier alpha value is -3.07. The molecule has 0 radical (unpaired) electrons. The normalized spacial score (nSPS) is 16.6. The highest BCUT2D eigenvalue weighted by molar-refractivity contribution is 5.94. The van der Waals surface area contributed by atoms with E-state index in [0.717, 1.165) is 29.9 Å². The van der Waals surface area contributed by atoms with Crippen LogP contribution in [0.1, 0.15) is 41.2 Å². The fourth-order valence-electron chi connectivity index (χ4n) is 4.55. The van der Waals surface area contributed by atoms with Crippen LogP contribution in [0.4, 0.5) is 0 Å². The number of H-pyrrole nitrogens is 1. The molecule has 0 bridgehead atoms. The van der Waals surface area contributed by atoms with Gasteiger partial charge in [-0.3, -0.25) is 19.6 Å². The van der Waals surface area contributed by atoms with Crippen LogP contribution in [0.15, 0.2) is 18.2 Å². The standard InChI is InChI=1S/C24H33N5O4/c1-16(2)27-9-11-28(12-10-27)24(31)23-18-15-29(8-7-19(18)25-26-23)22(30)14-17-5-6-20(32-3)21(13-17)33-4/h5-6,13,16H,7-12,14-15H2,1-4H3,(H,25,26). The van der Waals surface area contributed by atoms with Crippen LogP contribution >= 0.6 is 0 Å². The topological polar surface area (TPSA) is 91.0 Å². The molecule has 1 saturated heterocycles. The molecule has 1 fully saturated rings. The first-order chi connectivity index (χ1) is 15.9. The maximum atomic E-state index is 13.2. The van der Waals surface area contributed by atoms with E-state index in [4.69, 9.17) is 9.47 Å². The van der Waals surface area contributed by atoms with Gasteiger partial charge in [0.2, 0.25) is 5.91 Å². The molecule has 2 aliphatic heterocycles. The molecule has 3 heterocycles. The Labute approximate surface area is 194 Å². The van der Waals surface area contributed by atoms with Crippen molar-refractivity contribution in [2.45, 2.75) is 39.3 Å². The highest BCUT2D eigenvalue weighted by atomic mass is 16.5. The zero-order valence-electron chi connectivity index (χ0n) is 19.9. The number of nitrogens with one attached hydrogen (secondary N) is 1. The Kier molecular flexibility index (Phi) is 6.88. The van der Waals surface area contributed by atoms with Gasteiger partial charge >= 0.3 is 0 Å². The summed E-state index contributed by atoms with van der Waals surface area (Å²) in [7, 11) is 3.16. The molecule has 0 spiro atoms. The van der Waals surface area contributed by atoms with E-state index < -0.39 is 0 Å². The van der Waals surface area contributed by atoms with Crippen molar-refractivity contribution in [3.8, 4) is 11.5 Å². The van der Waals surface area contributed by atoms with Crippen LogP contribution in [0.2, 0.25) is 0 Å². The second-order valence-corrected chi connectivity index (χ2v) is 8.88. The summed E-state index contributed by atoms with van der Waals surface area (Å²) in [5, 5.41) is 7.38. The van der Waals surface area contributed by atoms with Gasteiger partial charge in [0.1, 0.15) is 0 Å². The van der Waals surface area contributed by atoms with Crippen molar-refractivity contribution < 1.29 is 19.1 Å². The van der Waals surface area contributed by atoms with Crippen molar-refractivity contribution in [1.29, 1.82) is 0 Å². The number of amides is 2. The number of benzene rings is 1. The number of fused-ring (bicyclic) bond motifs is 1. The molecule has 0 saturated carbocycles. The van der Waals surface area contributed by atoms with E-state index in [1.807, 2.05) is 28.0 Å². The summed E-state index contributed by atoms with van der Waals surface area (Å²) in [5.41, 5.74) is 3.11. The predicted molar refractivity (Wildman–Crippen MR) is 124 cm³/mol. The maximum absolute atomic E-state index is 13.2. The summed E-state index contributed by atoms with van der Waals surface area (Å²) in [6.07, 6.45) is 0.919. The first kappa shape index (κ1) is 23.1. The molecule has 9 nitrogen and oxygen atoms in total. The first-order valence-corrected chi connectivity index (χ1v) is 11.5. The molecule has 2 aromatic rings. The number of carbonyl (C=O) groups excluding carboxylic acids is 2. The monoisotopic (exact) mass is 455 g/mol. The Balaban J connectivity index is 1.43. The molecule has 2 amide bonds. The van der Waals surface area contributed by atoms with E-state index in [0.29, 0.717) is 55.8 Å². The highest BCUT2D eigenvalue weighted by Crippen LogP contribution is 2.28. The first-order valence-electron chi connectivity index (χ1n) is 11.5. The van der Waals surface area contributed by atoms with Gasteiger partial charge in [0.05, 0.1) is 20.6 Å². The average molecular weight is 456 g/mol. The summed E-state index contributed by atoms with van der Waals surface area (Å²) in [6, 6.07) is 5.99. The number of ether oxygens (including phenoxy) is 2. The number of hydrogen-bond donors (Lipinski definition) is 1. The largest absolute Gasteiger partial charge is 0.493 e. The molecule has 178 valence electrons. The minimum Gasteiger partial charge on any atom is -0.493 e. The number of nitrogens with zero attached hydrogens (tertiary/aromatic N) is 4. The van der Waals surface area contributed by atoms with Crippen LogP contribution in [-0.4, -0.2) is 89.7 Å². The summed E-state index contributed by atoms with van der Waals surface area (Å²) in [6.45, 7) is 8.47. The number of methoxy groups -OCH3 is 2. The molecule has 2 aliphatic rings. The van der Waals surface area contributed by atoms with Gasteiger partial charge in [0.25, 0.3) is 5.91 Å². The average Bonchev–Trinajstić information content (AvgIpc) is 3.26. The van der Waals surface area contributed by atoms with E-state index >= 15 is 0 Å². The number of aromatic nitrogens is 2. The molecule has 33 heavy (non-hydrogen) atoms. The summed E-state index contributed by atoms with van der Waals surface area (Å²) < 4.78 is 10.6. The van der Waals surface area contributed by atoms with Crippen LogP contribution < -0.4 is 9.47 Å². The van der Waals surface area contributed by atoms with Gasteiger partial charge in [-0.15, -0.1) is 0 Å². The van der Waals surface area contributed by atoms with Crippen molar-refractivity contribution in [3.63, 3.8) is 0 Å². The number of aromatic amines is 1. The van der Waals surface area contributed by atoms with Crippen molar-refractivity contribution >= 4 is 11.8 Å². The van der Waals surface area contributed by atoms with Crippen LogP contribution in [0.5, 0.6) is 11.5 Å². The fraction of sp³-hybridized carbons (Fsp3) is 0.542. The van der Waals surface area contributed by atoms with Gasteiger partial charge in [0.15, 0.2) is 17.2 Å². The van der Waals surface area contributed by atoms with Gasteiger partial charge in [-0.2, -0.15) is 5.10 Å². The Morgan fingerprint density at radius 3 is 2.42 bits per heavy atom. The van der Waals surface area contributed by atoms with E-state index in [-0.39, 0.29) is 18.2 Å². The van der Waals surface area contributed by atoms with Crippen molar-refractivity contribution in [3.05, 3.63) is 40.7 Å². The molecule has 1 N–H and O–H groups in total. The summed E-state index contributed by atoms with van der Waals surface area (Å²) >= 11 is 0. The second kappa shape index (κ2) is 9.82. The Morgan fingerprint density at radius 1 is 1.03 bits per heavy atom. The van der Waals surface area contributed by atoms with Crippen LogP contribution in [-0.2, 0) is 24.2 Å². The van der Waals surface area contributed by atoms with Crippen LogP contribution in [0.25, 0.3) is 0 Å². The maximum Gasteiger partial charge on any atom is 0.274 e. The molecular weight excluding hydrogens is 422 g/mol. The van der Waals surface area contributed by atoms with Gasteiger partial charge in [-0.05, 0) is 31.5 Å². The number of carbonyl (C=O) groups is 2. The van der Waals surface area contributed by atoms with Crippen LogP contribution in [0, 0.1) is 0 Å². The zero-order chi connectivity index (χ0) is 23.5. The van der Waals surface area contributed by atoms with Gasteiger partial charge in [-0.1, -0.05) is 6.07 Å². The lowest BCUT2D eigenvalue weighted by molar-refractivity contribution is -0.131. The number of rotatable bonds is 6. The van der Waals surface area contributed by atoms with Crippen molar-refractivity contribution in [2.75, 3.05) is 46.9 Å². The fourth-order valence-corrected chi connectivity index (χ4v) is 4.55. The molecule has 0 unspecified atom stereocenters. The Bertz CT molecular complexity index is 1010. The smallest absolute Gasteiger partial charge is 0.274 e. The van der Waals surface area contributed by atoms with E-state index in [1.165, 1.54) is 0 Å². The second-order valence-electron chi connectivity index (χ2n) is 8.88. The highest BCUT2D eigenvalue weighted by Gasteiger charge is 2.31. The van der Waals surface area contributed by atoms with E-state index in [2.05, 4.69) is 28.9 Å². The molecular formula is C24H33N5O4. The molecule has 9 heteroatoms. The summed E-state index contributed by atoms with van der Waals surface area (Å²) in [4.78, 5) is 32.3. The quantitative estimate of drug-likeness (QED) is 0.713. The predicted octanol–water partition coefficient (Wildman–Crippen LogP) is 1.72. The number of hydrogen-bond acceptors (Lipinski definition) is 6. The third-order valence-electron chi connectivity index (χ3n) is 6.62. The third-order valence-corrected chi connectivity index (χ3v) is 6.62. The molecule has 0 aliphatic carbocycles. The summed E-state index contributed by atoms with van der Waals surface area (Å²) in [5.74, 6) is 1.19. The Morgan fingerprint density at radius 2 is 1.76 bits per heavy atom. The minimum atomic E-state index is -0.0508. The lowest BCUT2D eigenvalue weighted by Crippen LogP contribution is -2.51. The SMILES string of the molecule is COc1ccc(CC(=O)N2CCc3[nH]nc(C(=O)N4CCN(C(C)C)CC4)c3C2)cc1OC. The zero-order valence-corrected chi connectivity index (χ0v) is 19.9. The van der Waals surface area contributed by atoms with E-state index in [9.17, 15) is 9.59 Å². The minimum absolute atomic E-state index is 0.0121.